The molecule has 0 bridgehead atoms. The molecule has 10 N–H and O–H groups in total. The van der Waals surface area contributed by atoms with Crippen LogP contribution in [0.15, 0.2) is 0 Å². The van der Waals surface area contributed by atoms with Crippen LogP contribution in [-0.2, 0) is 24.0 Å². The molecule has 0 fully saturated rings. The number of aliphatic carboxylic acids is 1. The third-order valence-electron chi connectivity index (χ3n) is 7.34. The highest BCUT2D eigenvalue weighted by Gasteiger charge is 2.72. The van der Waals surface area contributed by atoms with Gasteiger partial charge in [0.1, 0.15) is 0 Å². The van der Waals surface area contributed by atoms with E-state index in [1.807, 2.05) is 13.8 Å². The fourth-order valence-corrected chi connectivity index (χ4v) is 5.31. The van der Waals surface area contributed by atoms with Crippen LogP contribution in [0.4, 0.5) is 0 Å². The SMILES string of the molecule is CC(C)CC(=O)C(O)(C(CC(C)C)NC(=O)[C@H](C)N)C(C(=O)O)(C(=O)CC(O)C(N)CC(C)C)C(=O)[C@@H](N)CC(C)C. The third kappa shape index (κ3) is 9.63. The zero-order valence-electron chi connectivity index (χ0n) is 26.8. The van der Waals surface area contributed by atoms with E-state index in [1.54, 1.807) is 41.5 Å². The number of aliphatic hydroxyl groups excluding tert-OH is 1. The lowest BCUT2D eigenvalue weighted by molar-refractivity contribution is -0.191. The van der Waals surface area contributed by atoms with E-state index in [9.17, 15) is 39.3 Å². The number of Topliss-reactive ketones (excluding diaryl/α,β-unsaturated/α-hetero) is 3. The van der Waals surface area contributed by atoms with Gasteiger partial charge in [-0.05, 0) is 49.9 Å². The Kier molecular flexibility index (Phi) is 15.7. The standard InChI is InChI=1S/C30H56N4O8/c1-15(2)10-20(32)22(35)14-24(36)29(28(40)41,26(38)21(33)11-16(3)4)30(42,25(37)13-18(7)8)23(12-17(5)6)34-27(39)19(9)31/h15-23,35,42H,10-14,31-33H2,1-9H3,(H,34,39)(H,40,41)/t19-,20?,21-,22?,23?,29?,30?/m0/s1. The Morgan fingerprint density at radius 1 is 0.714 bits per heavy atom. The quantitative estimate of drug-likeness (QED) is 0.0970. The average Bonchev–Trinajstić information content (AvgIpc) is 2.81. The maximum Gasteiger partial charge on any atom is 0.328 e. The van der Waals surface area contributed by atoms with Crippen LogP contribution in [0.25, 0.3) is 0 Å². The number of carboxylic acids is 1. The molecule has 0 aliphatic heterocycles. The predicted octanol–water partition coefficient (Wildman–Crippen LogP) is 0.918. The number of carbonyl (C=O) groups is 5. The van der Waals surface area contributed by atoms with Gasteiger partial charge in [-0.15, -0.1) is 0 Å². The van der Waals surface area contributed by atoms with E-state index >= 15 is 0 Å². The molecule has 5 unspecified atom stereocenters. The van der Waals surface area contributed by atoms with Gasteiger partial charge in [-0.2, -0.15) is 0 Å². The Balaban J connectivity index is 7.83. The normalized spacial score (nSPS) is 18.6. The van der Waals surface area contributed by atoms with Crippen LogP contribution in [0.3, 0.4) is 0 Å². The summed E-state index contributed by atoms with van der Waals surface area (Å²) in [6, 6.07) is -5.40. The van der Waals surface area contributed by atoms with E-state index in [1.165, 1.54) is 6.92 Å². The molecule has 0 rings (SSSR count). The van der Waals surface area contributed by atoms with Crippen molar-refractivity contribution in [2.75, 3.05) is 0 Å². The number of nitrogens with two attached hydrogens (primary N) is 3. The number of hydrogen-bond acceptors (Lipinski definition) is 10. The molecule has 0 radical (unpaired) electrons. The molecule has 1 amide bonds. The van der Waals surface area contributed by atoms with Crippen molar-refractivity contribution in [3.63, 3.8) is 0 Å². The lowest BCUT2D eigenvalue weighted by Gasteiger charge is -2.47. The predicted molar refractivity (Wildman–Crippen MR) is 160 cm³/mol. The van der Waals surface area contributed by atoms with Crippen LogP contribution >= 0.6 is 0 Å². The highest BCUT2D eigenvalue weighted by atomic mass is 16.4. The highest BCUT2D eigenvalue weighted by Crippen LogP contribution is 2.44. The summed E-state index contributed by atoms with van der Waals surface area (Å²) in [5.41, 5.74) is 11.3. The van der Waals surface area contributed by atoms with Crippen LogP contribution in [0, 0.1) is 29.1 Å². The number of carbonyl (C=O) groups excluding carboxylic acids is 4. The van der Waals surface area contributed by atoms with Gasteiger partial charge in [-0.25, -0.2) is 0 Å². The van der Waals surface area contributed by atoms with Gasteiger partial charge in [-0.3, -0.25) is 24.0 Å². The first-order chi connectivity index (χ1) is 19.1. The van der Waals surface area contributed by atoms with E-state index in [0.29, 0.717) is 0 Å². The Morgan fingerprint density at radius 3 is 1.57 bits per heavy atom. The lowest BCUT2D eigenvalue weighted by atomic mass is 9.57. The van der Waals surface area contributed by atoms with Gasteiger partial charge in [0, 0.05) is 18.9 Å². The minimum Gasteiger partial charge on any atom is -0.480 e. The average molecular weight is 601 g/mol. The molecule has 0 heterocycles. The molecule has 0 aliphatic rings. The van der Waals surface area contributed by atoms with Crippen LogP contribution in [0.2, 0.25) is 0 Å². The summed E-state index contributed by atoms with van der Waals surface area (Å²) >= 11 is 0. The maximum atomic E-state index is 14.3. The summed E-state index contributed by atoms with van der Waals surface area (Å²) in [6.45, 7) is 15.2. The second-order valence-corrected chi connectivity index (χ2v) is 13.4. The van der Waals surface area contributed by atoms with Crippen LogP contribution in [0.5, 0.6) is 0 Å². The van der Waals surface area contributed by atoms with Crippen molar-refractivity contribution >= 4 is 29.2 Å². The lowest BCUT2D eigenvalue weighted by Crippen LogP contribution is -2.76. The topological polar surface area (TPSA) is 236 Å². The van der Waals surface area contributed by atoms with Crippen molar-refractivity contribution in [3.05, 3.63) is 0 Å². The van der Waals surface area contributed by atoms with Crippen LogP contribution in [0.1, 0.15) is 94.4 Å². The van der Waals surface area contributed by atoms with E-state index in [4.69, 9.17) is 17.2 Å². The van der Waals surface area contributed by atoms with Gasteiger partial charge < -0.3 is 37.8 Å². The second kappa shape index (κ2) is 16.6. The van der Waals surface area contributed by atoms with Crippen LogP contribution < -0.4 is 22.5 Å². The summed E-state index contributed by atoms with van der Waals surface area (Å²) in [5.74, 6) is -7.87. The van der Waals surface area contributed by atoms with Gasteiger partial charge >= 0.3 is 5.97 Å². The van der Waals surface area contributed by atoms with E-state index in [2.05, 4.69) is 5.32 Å². The van der Waals surface area contributed by atoms with Gasteiger partial charge in [0.05, 0.1) is 24.2 Å². The van der Waals surface area contributed by atoms with Crippen molar-refractivity contribution in [1.82, 2.24) is 5.32 Å². The molecule has 0 aromatic heterocycles. The molecule has 0 spiro atoms. The summed E-state index contributed by atoms with van der Waals surface area (Å²) < 4.78 is 0. The van der Waals surface area contributed by atoms with Crippen molar-refractivity contribution in [2.24, 2.45) is 46.3 Å². The Hall–Kier alpha value is -2.25. The van der Waals surface area contributed by atoms with E-state index in [0.717, 1.165) is 0 Å². The number of nitrogens with one attached hydrogen (secondary N) is 1. The minimum atomic E-state index is -3.48. The fourth-order valence-electron chi connectivity index (χ4n) is 5.31. The third-order valence-corrected chi connectivity index (χ3v) is 7.34. The number of aliphatic hydroxyl groups is 2. The summed E-state index contributed by atoms with van der Waals surface area (Å²) in [7, 11) is 0. The largest absolute Gasteiger partial charge is 0.480 e. The number of ketones is 3. The smallest absolute Gasteiger partial charge is 0.328 e. The Bertz CT molecular complexity index is 952. The molecule has 0 saturated carbocycles. The van der Waals surface area contributed by atoms with E-state index < -0.39 is 89.3 Å². The van der Waals surface area contributed by atoms with Gasteiger partial charge in [-0.1, -0.05) is 55.4 Å². The Morgan fingerprint density at radius 2 is 1.19 bits per heavy atom. The molecule has 0 aromatic carbocycles. The first kappa shape index (κ1) is 39.8. The fraction of sp³-hybridized carbons (Fsp3) is 0.833. The number of hydrogen-bond donors (Lipinski definition) is 7. The van der Waals surface area contributed by atoms with Crippen molar-refractivity contribution < 1.29 is 39.3 Å². The van der Waals surface area contributed by atoms with Gasteiger partial charge in [0.15, 0.2) is 23.0 Å². The van der Waals surface area contributed by atoms with Crippen molar-refractivity contribution in [2.45, 2.75) is 130 Å². The molecule has 7 atom stereocenters. The number of carboxylic acid groups (broad SMARTS) is 1. The monoisotopic (exact) mass is 600 g/mol. The second-order valence-electron chi connectivity index (χ2n) is 13.4. The van der Waals surface area contributed by atoms with Gasteiger partial charge in [0.2, 0.25) is 11.3 Å². The maximum absolute atomic E-state index is 14.3. The van der Waals surface area contributed by atoms with Crippen molar-refractivity contribution in [1.29, 1.82) is 0 Å². The summed E-state index contributed by atoms with van der Waals surface area (Å²) in [5, 5.41) is 36.7. The molecule has 42 heavy (non-hydrogen) atoms. The Labute approximate surface area is 250 Å². The van der Waals surface area contributed by atoms with Crippen molar-refractivity contribution in [3.8, 4) is 0 Å². The molecule has 12 heteroatoms. The molecular weight excluding hydrogens is 544 g/mol. The first-order valence-electron chi connectivity index (χ1n) is 14.9. The van der Waals surface area contributed by atoms with Gasteiger partial charge in [0.25, 0.3) is 0 Å². The molecule has 244 valence electrons. The molecule has 0 aliphatic carbocycles. The minimum absolute atomic E-state index is 0.0171. The first-order valence-corrected chi connectivity index (χ1v) is 14.9. The number of rotatable bonds is 20. The molecule has 12 nitrogen and oxygen atoms in total. The summed E-state index contributed by atoms with van der Waals surface area (Å²) in [6.07, 6.45) is -2.96. The summed E-state index contributed by atoms with van der Waals surface area (Å²) in [4.78, 5) is 68.9. The zero-order chi connectivity index (χ0) is 33.3. The zero-order valence-corrected chi connectivity index (χ0v) is 26.8. The molecule has 0 saturated heterocycles. The molecule has 0 aromatic rings. The van der Waals surface area contributed by atoms with Crippen LogP contribution in [-0.4, -0.2) is 80.4 Å². The number of amides is 1. The van der Waals surface area contributed by atoms with E-state index in [-0.39, 0.29) is 37.0 Å². The highest BCUT2D eigenvalue weighted by molar-refractivity contribution is 6.28. The molecular formula is C30H56N4O8.